The third kappa shape index (κ3) is 4.21. The van der Waals surface area contributed by atoms with Crippen molar-refractivity contribution in [1.82, 2.24) is 5.32 Å². The van der Waals surface area contributed by atoms with Gasteiger partial charge in [0.25, 0.3) is 0 Å². The van der Waals surface area contributed by atoms with Crippen molar-refractivity contribution in [3.05, 3.63) is 46.7 Å². The van der Waals surface area contributed by atoms with Crippen molar-refractivity contribution in [2.45, 2.75) is 51.8 Å². The maximum atomic E-state index is 13.4. The number of carbonyl (C=O) groups is 2. The van der Waals surface area contributed by atoms with E-state index in [1.54, 1.807) is 6.92 Å². The fourth-order valence-corrected chi connectivity index (χ4v) is 2.83. The highest BCUT2D eigenvalue weighted by molar-refractivity contribution is 5.96. The minimum Gasteiger partial charge on any atom is -0.459 e. The summed E-state index contributed by atoms with van der Waals surface area (Å²) in [7, 11) is 0. The first-order chi connectivity index (χ1) is 11.6. The molecule has 1 amide bonds. The maximum Gasteiger partial charge on any atom is 0.416 e. The zero-order valence-corrected chi connectivity index (χ0v) is 14.2. The Balaban J connectivity index is 2.53. The van der Waals surface area contributed by atoms with Crippen LogP contribution in [0.2, 0.25) is 0 Å². The van der Waals surface area contributed by atoms with Gasteiger partial charge in [-0.05, 0) is 31.9 Å². The first kappa shape index (κ1) is 19.0. The van der Waals surface area contributed by atoms with Gasteiger partial charge < -0.3 is 10.1 Å². The molecule has 0 aliphatic carbocycles. The first-order valence-electron chi connectivity index (χ1n) is 8.02. The molecule has 2 atom stereocenters. The molecular formula is C18H20F3NO3. The van der Waals surface area contributed by atoms with Gasteiger partial charge in [0.1, 0.15) is 0 Å². The number of benzene rings is 1. The van der Waals surface area contributed by atoms with Crippen LogP contribution in [0, 0.1) is 0 Å². The van der Waals surface area contributed by atoms with Gasteiger partial charge in [-0.25, -0.2) is 4.79 Å². The van der Waals surface area contributed by atoms with Gasteiger partial charge in [-0.3, -0.25) is 4.79 Å². The molecule has 1 aliphatic heterocycles. The molecule has 0 spiro atoms. The Morgan fingerprint density at radius 2 is 2.00 bits per heavy atom. The van der Waals surface area contributed by atoms with E-state index in [0.29, 0.717) is 6.42 Å². The fourth-order valence-electron chi connectivity index (χ4n) is 2.83. The maximum absolute atomic E-state index is 13.4. The smallest absolute Gasteiger partial charge is 0.416 e. The van der Waals surface area contributed by atoms with Crippen molar-refractivity contribution in [2.75, 3.05) is 0 Å². The summed E-state index contributed by atoms with van der Waals surface area (Å²) in [6.07, 6.45) is -4.61. The van der Waals surface area contributed by atoms with Crippen LogP contribution < -0.4 is 5.32 Å². The largest absolute Gasteiger partial charge is 0.459 e. The minimum absolute atomic E-state index is 0.0663. The molecule has 4 nitrogen and oxygen atoms in total. The average molecular weight is 355 g/mol. The Bertz CT molecular complexity index is 710. The summed E-state index contributed by atoms with van der Waals surface area (Å²) >= 11 is 0. The lowest BCUT2D eigenvalue weighted by atomic mass is 9.82. The lowest BCUT2D eigenvalue weighted by molar-refractivity contribution is -0.145. The van der Waals surface area contributed by atoms with Crippen LogP contribution in [0.3, 0.4) is 0 Å². The van der Waals surface area contributed by atoms with Gasteiger partial charge in [0.15, 0.2) is 0 Å². The molecule has 1 aromatic rings. The molecule has 1 aromatic carbocycles. The van der Waals surface area contributed by atoms with Crippen molar-refractivity contribution >= 4 is 11.9 Å². The van der Waals surface area contributed by atoms with E-state index in [2.05, 4.69) is 5.32 Å². The minimum atomic E-state index is -4.58. The monoisotopic (exact) mass is 355 g/mol. The molecule has 0 unspecified atom stereocenters. The second kappa shape index (κ2) is 7.29. The SMILES string of the molecule is CC[C@H](C)OC(=O)C1=C(C)NC(=O)C[C@@H]1c1ccccc1C(F)(F)F. The number of amides is 1. The van der Waals surface area contributed by atoms with Crippen molar-refractivity contribution in [2.24, 2.45) is 0 Å². The Kier molecular flexibility index (Phi) is 5.55. The number of rotatable bonds is 4. The van der Waals surface area contributed by atoms with Gasteiger partial charge in [0.05, 0.1) is 17.2 Å². The number of halogens is 3. The van der Waals surface area contributed by atoms with Crippen LogP contribution in [-0.2, 0) is 20.5 Å². The molecule has 0 saturated heterocycles. The highest BCUT2D eigenvalue weighted by Crippen LogP contribution is 2.41. The molecule has 0 bridgehead atoms. The molecular weight excluding hydrogens is 335 g/mol. The lowest BCUT2D eigenvalue weighted by Gasteiger charge is -2.29. The van der Waals surface area contributed by atoms with Crippen LogP contribution in [-0.4, -0.2) is 18.0 Å². The van der Waals surface area contributed by atoms with Gasteiger partial charge in [-0.15, -0.1) is 0 Å². The summed E-state index contributed by atoms with van der Waals surface area (Å²) in [6, 6.07) is 5.00. The van der Waals surface area contributed by atoms with Crippen LogP contribution in [0.25, 0.3) is 0 Å². The molecule has 0 aromatic heterocycles. The Hall–Kier alpha value is -2.31. The van der Waals surface area contributed by atoms with Crippen LogP contribution in [0.5, 0.6) is 0 Å². The van der Waals surface area contributed by atoms with E-state index in [4.69, 9.17) is 4.74 Å². The highest BCUT2D eigenvalue weighted by Gasteiger charge is 2.40. The average Bonchev–Trinajstić information content (AvgIpc) is 2.52. The van der Waals surface area contributed by atoms with Crippen LogP contribution in [0.1, 0.15) is 50.7 Å². The number of esters is 1. The van der Waals surface area contributed by atoms with E-state index >= 15 is 0 Å². The molecule has 1 N–H and O–H groups in total. The molecule has 1 heterocycles. The topological polar surface area (TPSA) is 55.4 Å². The molecule has 0 saturated carbocycles. The third-order valence-corrected chi connectivity index (χ3v) is 4.21. The standard InChI is InChI=1S/C18H20F3NO3/c1-4-10(2)25-17(24)16-11(3)22-15(23)9-13(16)12-7-5-6-8-14(12)18(19,20)21/h5-8,10,13H,4,9H2,1-3H3,(H,22,23)/t10-,13+/m0/s1. The molecule has 0 fully saturated rings. The van der Waals surface area contributed by atoms with Crippen molar-refractivity contribution in [3.63, 3.8) is 0 Å². The molecule has 136 valence electrons. The molecule has 25 heavy (non-hydrogen) atoms. The van der Waals surface area contributed by atoms with E-state index in [1.165, 1.54) is 25.1 Å². The summed E-state index contributed by atoms with van der Waals surface area (Å²) in [6.45, 7) is 5.03. The van der Waals surface area contributed by atoms with Gasteiger partial charge in [0.2, 0.25) is 5.91 Å². The predicted octanol–water partition coefficient (Wildman–Crippen LogP) is 3.92. The molecule has 7 heteroatoms. The Morgan fingerprint density at radius 3 is 2.60 bits per heavy atom. The Labute approximate surface area is 144 Å². The van der Waals surface area contributed by atoms with E-state index in [9.17, 15) is 22.8 Å². The number of allylic oxidation sites excluding steroid dienone is 1. The zero-order chi connectivity index (χ0) is 18.8. The fraction of sp³-hybridized carbons (Fsp3) is 0.444. The summed E-state index contributed by atoms with van der Waals surface area (Å²) < 4.78 is 45.4. The van der Waals surface area contributed by atoms with E-state index in [1.807, 2.05) is 6.92 Å². The predicted molar refractivity (Wildman–Crippen MR) is 85.5 cm³/mol. The third-order valence-electron chi connectivity index (χ3n) is 4.21. The molecule has 2 rings (SSSR count). The number of alkyl halides is 3. The van der Waals surface area contributed by atoms with Gasteiger partial charge >= 0.3 is 12.1 Å². The van der Waals surface area contributed by atoms with Crippen LogP contribution in [0.15, 0.2) is 35.5 Å². The number of nitrogens with one attached hydrogen (secondary N) is 1. The summed E-state index contributed by atoms with van der Waals surface area (Å²) in [4.78, 5) is 24.4. The lowest BCUT2D eigenvalue weighted by Crippen LogP contribution is -2.35. The summed E-state index contributed by atoms with van der Waals surface area (Å²) in [5.74, 6) is -2.13. The Morgan fingerprint density at radius 1 is 1.36 bits per heavy atom. The van der Waals surface area contributed by atoms with E-state index < -0.39 is 29.5 Å². The van der Waals surface area contributed by atoms with Gasteiger partial charge in [0, 0.05) is 18.0 Å². The van der Waals surface area contributed by atoms with E-state index in [0.717, 1.165) is 6.07 Å². The van der Waals surface area contributed by atoms with Crippen LogP contribution >= 0.6 is 0 Å². The van der Waals surface area contributed by atoms with E-state index in [-0.39, 0.29) is 29.4 Å². The van der Waals surface area contributed by atoms with Gasteiger partial charge in [-0.2, -0.15) is 13.2 Å². The van der Waals surface area contributed by atoms with Crippen LogP contribution in [0.4, 0.5) is 13.2 Å². The number of carbonyl (C=O) groups excluding carboxylic acids is 2. The highest BCUT2D eigenvalue weighted by atomic mass is 19.4. The van der Waals surface area contributed by atoms with Crippen molar-refractivity contribution in [3.8, 4) is 0 Å². The second-order valence-corrected chi connectivity index (χ2v) is 6.05. The summed E-state index contributed by atoms with van der Waals surface area (Å²) in [5.41, 5.74) is -0.653. The summed E-state index contributed by atoms with van der Waals surface area (Å²) in [5, 5.41) is 2.52. The number of ether oxygens (including phenoxy) is 1. The first-order valence-corrected chi connectivity index (χ1v) is 8.02. The molecule has 1 aliphatic rings. The number of hydrogen-bond donors (Lipinski definition) is 1. The molecule has 0 radical (unpaired) electrons. The number of hydrogen-bond acceptors (Lipinski definition) is 3. The quantitative estimate of drug-likeness (QED) is 0.833. The van der Waals surface area contributed by atoms with Crippen molar-refractivity contribution < 1.29 is 27.5 Å². The van der Waals surface area contributed by atoms with Gasteiger partial charge in [-0.1, -0.05) is 25.1 Å². The normalized spacial score (nSPS) is 19.4. The second-order valence-electron chi connectivity index (χ2n) is 6.05. The van der Waals surface area contributed by atoms with Crippen molar-refractivity contribution in [1.29, 1.82) is 0 Å². The zero-order valence-electron chi connectivity index (χ0n) is 14.2.